The maximum Gasteiger partial charge on any atom is 0.478 e. The molecule has 2 amide bonds. The van der Waals surface area contributed by atoms with E-state index >= 15 is 0 Å². The molecule has 6 heterocycles. The zero-order chi connectivity index (χ0) is 44.1. The zero-order valence-electron chi connectivity index (χ0n) is 36.1. The van der Waals surface area contributed by atoms with Gasteiger partial charge in [0, 0.05) is 52.7 Å². The van der Waals surface area contributed by atoms with Gasteiger partial charge in [-0.3, -0.25) is 44.0 Å². The Morgan fingerprint density at radius 2 is 1.44 bits per heavy atom. The first kappa shape index (κ1) is 52.7. The third-order valence-electron chi connectivity index (χ3n) is 11.6. The summed E-state index contributed by atoms with van der Waals surface area (Å²) in [6, 6.07) is -1.37. The molecule has 6 fully saturated rings. The second-order valence-electron chi connectivity index (χ2n) is 16.2. The number of amides is 2. The van der Waals surface area contributed by atoms with Crippen molar-refractivity contribution in [1.29, 1.82) is 0 Å². The number of phosphoric ester groups is 2. The molecule has 6 saturated heterocycles. The van der Waals surface area contributed by atoms with E-state index in [4.69, 9.17) is 57.6 Å². The van der Waals surface area contributed by atoms with E-state index < -0.39 is 103 Å². The van der Waals surface area contributed by atoms with Crippen molar-refractivity contribution in [3.63, 3.8) is 0 Å². The minimum Gasteiger partial charge on any atom is -0.438 e. The Morgan fingerprint density at radius 1 is 0.825 bits per heavy atom. The summed E-state index contributed by atoms with van der Waals surface area (Å²) < 4.78 is 87.9. The van der Waals surface area contributed by atoms with Crippen molar-refractivity contribution in [2.75, 3.05) is 53.3 Å². The van der Waals surface area contributed by atoms with Crippen LogP contribution in [0.5, 0.6) is 0 Å². The minimum absolute atomic E-state index is 0. The summed E-state index contributed by atoms with van der Waals surface area (Å²) in [6.45, 7) is 2.62. The second kappa shape index (κ2) is 25.8. The van der Waals surface area contributed by atoms with Gasteiger partial charge < -0.3 is 45.2 Å². The molecule has 0 aliphatic carbocycles. The number of nitrogens with one attached hydrogen (secondary N) is 4. The average Bonchev–Trinajstić information content (AvgIpc) is 3.96. The molecule has 0 bridgehead atoms. The SMILES string of the molecule is CCCCCCCC(=O)OCOP1(=O)OCC2O[C@@H](N3CCC(N)NC3=O)[CH-][C@@H]2OP(=O)(OCOC(=O)CCCCCCC)OCC2OCC(N3CNC4C(N)NCNC43)[C@@H]2O1.[Re]. The summed E-state index contributed by atoms with van der Waals surface area (Å²) in [7, 11) is -9.36. The molecule has 23 nitrogen and oxygen atoms in total. The molecule has 12 atom stereocenters. The predicted octanol–water partition coefficient (Wildman–Crippen LogP) is 2.16. The molecule has 26 heteroatoms. The largest absolute Gasteiger partial charge is 0.478 e. The molecule has 0 aromatic rings. The van der Waals surface area contributed by atoms with E-state index in [0.29, 0.717) is 32.6 Å². The monoisotopic (exact) mass is 1110 g/mol. The van der Waals surface area contributed by atoms with E-state index in [-0.39, 0.29) is 64.8 Å². The maximum absolute atomic E-state index is 14.8. The fourth-order valence-electron chi connectivity index (χ4n) is 8.12. The molecule has 363 valence electrons. The van der Waals surface area contributed by atoms with E-state index in [9.17, 15) is 23.5 Å². The van der Waals surface area contributed by atoms with Gasteiger partial charge >= 0.3 is 33.6 Å². The number of nitrogens with zero attached hydrogens (tertiary/aromatic N) is 2. The Morgan fingerprint density at radius 3 is 2.08 bits per heavy atom. The van der Waals surface area contributed by atoms with Gasteiger partial charge in [-0.05, 0) is 25.4 Å². The topological polar surface area (TPSA) is 284 Å². The number of hydrogen-bond acceptors (Lipinski definition) is 21. The number of ether oxygens (including phenoxy) is 4. The Hall–Kier alpha value is -1.23. The van der Waals surface area contributed by atoms with Gasteiger partial charge in [-0.1, -0.05) is 65.2 Å². The molecule has 0 aromatic carbocycles. The van der Waals surface area contributed by atoms with Crippen LogP contribution in [0, 0.1) is 6.42 Å². The normalized spacial score (nSPS) is 36.2. The molecule has 8 N–H and O–H groups in total. The molecule has 0 spiro atoms. The number of phosphoric acid groups is 2. The van der Waals surface area contributed by atoms with Gasteiger partial charge in [0.15, 0.2) is 0 Å². The number of unbranched alkanes of at least 4 members (excludes halogenated alkanes) is 8. The number of rotatable bonds is 20. The van der Waals surface area contributed by atoms with Crippen LogP contribution in [0.3, 0.4) is 0 Å². The van der Waals surface area contributed by atoms with Crippen molar-refractivity contribution < 1.29 is 90.0 Å². The Balaban J connectivity index is 0.00000748. The first-order valence-electron chi connectivity index (χ1n) is 22.0. The Kier molecular flexibility index (Phi) is 21.6. The van der Waals surface area contributed by atoms with Crippen molar-refractivity contribution in [1.82, 2.24) is 31.1 Å². The van der Waals surface area contributed by atoms with Gasteiger partial charge in [0.1, 0.15) is 12.2 Å². The molecule has 6 aliphatic heterocycles. The number of fused-ring (bicyclic) bond motifs is 3. The maximum atomic E-state index is 14.8. The van der Waals surface area contributed by atoms with Crippen LogP contribution in [-0.2, 0) is 85.2 Å². The quantitative estimate of drug-likeness (QED) is 0.0335. The summed E-state index contributed by atoms with van der Waals surface area (Å²) >= 11 is 0. The van der Waals surface area contributed by atoms with Gasteiger partial charge in [-0.15, -0.1) is 0 Å². The fourth-order valence-corrected chi connectivity index (χ4v) is 10.6. The van der Waals surface area contributed by atoms with Crippen LogP contribution >= 0.6 is 15.6 Å². The average molecular weight is 1110 g/mol. The van der Waals surface area contributed by atoms with E-state index in [0.717, 1.165) is 51.4 Å². The molecular weight excluding hydrogens is 1040 g/mol. The summed E-state index contributed by atoms with van der Waals surface area (Å²) in [5.74, 6) is -1.09. The van der Waals surface area contributed by atoms with Crippen molar-refractivity contribution in [3.05, 3.63) is 6.42 Å². The molecule has 0 aromatic heterocycles. The molecule has 6 rings (SSSR count). The number of urea groups is 1. The summed E-state index contributed by atoms with van der Waals surface area (Å²) in [4.78, 5) is 41.5. The van der Waals surface area contributed by atoms with Crippen LogP contribution in [0.15, 0.2) is 0 Å². The van der Waals surface area contributed by atoms with Gasteiger partial charge in [0.05, 0.1) is 63.2 Å². The minimum atomic E-state index is -4.69. The standard InChI is InChI=1S/C37H67N8O15P2.Re/c1-3-5-7-9-11-13-31(46)52-23-56-61(49)55-20-28-34(25(18-51-28)45-22-42-33-35(39)40-21-41-36(33)45)60-62(50,57-24-53-32(47)14-12-10-8-6-4-2)54-19-27-26(59-61)17-30(58-27)44-16-15-29(38)43-37(44)48;/h17,25-30,33-36,40-42H,3-16,18-24,38-39H2,1-2H3,(H,43,48);/q-1;/t25?,26-,27?,28?,29?,30+,33?,34-,35?,36?,61?,62?;/m0./s1. The molecule has 63 heavy (non-hydrogen) atoms. The molecule has 0 saturated carbocycles. The third kappa shape index (κ3) is 15.1. The van der Waals surface area contributed by atoms with E-state index in [1.165, 1.54) is 11.3 Å². The van der Waals surface area contributed by atoms with Crippen molar-refractivity contribution in [3.8, 4) is 0 Å². The number of nitrogens with two attached hydrogens (primary N) is 2. The van der Waals surface area contributed by atoms with Crippen LogP contribution in [0.25, 0.3) is 0 Å². The van der Waals surface area contributed by atoms with E-state index in [2.05, 4.69) is 35.1 Å². The Labute approximate surface area is 383 Å². The van der Waals surface area contributed by atoms with E-state index in [1.807, 2.05) is 4.90 Å². The molecule has 6 aliphatic rings. The van der Waals surface area contributed by atoms with Gasteiger partial charge in [0.25, 0.3) is 0 Å². The summed E-state index contributed by atoms with van der Waals surface area (Å²) in [6.07, 6.45) is 4.34. The number of esters is 2. The van der Waals surface area contributed by atoms with Gasteiger partial charge in [-0.2, -0.15) is 0 Å². The first-order chi connectivity index (χ1) is 29.9. The van der Waals surface area contributed by atoms with Crippen LogP contribution < -0.4 is 32.7 Å². The van der Waals surface area contributed by atoms with Crippen molar-refractivity contribution in [2.24, 2.45) is 11.5 Å². The van der Waals surface area contributed by atoms with Crippen LogP contribution in [0.4, 0.5) is 4.79 Å². The van der Waals surface area contributed by atoms with Crippen LogP contribution in [-0.4, -0.2) is 142 Å². The number of carbonyl (C=O) groups excluding carboxylic acids is 3. The van der Waals surface area contributed by atoms with Gasteiger partial charge in [-0.25, -0.2) is 29.4 Å². The van der Waals surface area contributed by atoms with Crippen LogP contribution in [0.2, 0.25) is 0 Å². The van der Waals surface area contributed by atoms with Gasteiger partial charge in [0.2, 0.25) is 13.6 Å². The van der Waals surface area contributed by atoms with Crippen LogP contribution in [0.1, 0.15) is 97.3 Å². The van der Waals surface area contributed by atoms with Crippen molar-refractivity contribution in [2.45, 2.75) is 159 Å². The number of carbonyl (C=O) groups is 3. The fraction of sp³-hybridized carbons (Fsp3) is 0.892. The molecular formula is C37H67N8O15P2Re-. The Bertz CT molecular complexity index is 1570. The van der Waals surface area contributed by atoms with E-state index in [1.54, 1.807) is 0 Å². The first-order valence-corrected chi connectivity index (χ1v) is 25.0. The van der Waals surface area contributed by atoms with Crippen molar-refractivity contribution >= 4 is 33.6 Å². The summed E-state index contributed by atoms with van der Waals surface area (Å²) in [5.41, 5.74) is 12.3. The smallest absolute Gasteiger partial charge is 0.438 e. The predicted molar refractivity (Wildman–Crippen MR) is 219 cm³/mol. The zero-order valence-corrected chi connectivity index (χ0v) is 40.7. The second-order valence-corrected chi connectivity index (χ2v) is 19.4. The molecule has 9 unspecified atom stereocenters. The number of hydrogen-bond donors (Lipinski definition) is 6. The summed E-state index contributed by atoms with van der Waals surface area (Å²) in [5, 5.41) is 12.6. The third-order valence-corrected chi connectivity index (χ3v) is 14.4. The molecule has 1 radical (unpaired) electrons.